The standard InChI is InChI=1S/C42H75O8P/c1-4-7-9-11-13-15-17-18-19-20-21-22-23-24-25-26-27-29-31-33-35-37-42(44)50-40(39-49-51(45,46)48-6-3)38-47-41(43)36-34-32-30-28-16-14-12-10-8-5-2/h7,9,13,15,18-19,21-22,40H,4-6,8,10-12,14,16-17,20,23-39H2,1-3H3,(H,45,46)/b9-7-,15-13-,19-18-,22-21-. The molecule has 51 heavy (non-hydrogen) atoms. The van der Waals surface area contributed by atoms with Crippen molar-refractivity contribution < 1.29 is 37.6 Å². The molecule has 0 saturated carbocycles. The molecule has 0 bridgehead atoms. The molecule has 0 fully saturated rings. The Morgan fingerprint density at radius 1 is 0.549 bits per heavy atom. The van der Waals surface area contributed by atoms with Crippen molar-refractivity contribution in [3.8, 4) is 0 Å². The molecule has 0 aliphatic heterocycles. The molecule has 0 heterocycles. The van der Waals surface area contributed by atoms with Crippen molar-refractivity contribution in [2.45, 2.75) is 187 Å². The van der Waals surface area contributed by atoms with Gasteiger partial charge in [-0.3, -0.25) is 18.6 Å². The van der Waals surface area contributed by atoms with E-state index in [9.17, 15) is 19.0 Å². The van der Waals surface area contributed by atoms with Gasteiger partial charge in [-0.05, 0) is 58.3 Å². The number of ether oxygens (including phenoxy) is 2. The van der Waals surface area contributed by atoms with Crippen LogP contribution >= 0.6 is 7.82 Å². The molecule has 9 heteroatoms. The zero-order chi connectivity index (χ0) is 37.5. The number of phosphoric ester groups is 1. The van der Waals surface area contributed by atoms with Gasteiger partial charge in [0, 0.05) is 12.8 Å². The van der Waals surface area contributed by atoms with Gasteiger partial charge < -0.3 is 14.4 Å². The fourth-order valence-corrected chi connectivity index (χ4v) is 6.20. The van der Waals surface area contributed by atoms with Crippen LogP contribution in [0.5, 0.6) is 0 Å². The Balaban J connectivity index is 4.08. The fourth-order valence-electron chi connectivity index (χ4n) is 5.44. The van der Waals surface area contributed by atoms with E-state index in [0.717, 1.165) is 70.6 Å². The minimum atomic E-state index is -4.28. The van der Waals surface area contributed by atoms with E-state index in [2.05, 4.69) is 62.5 Å². The summed E-state index contributed by atoms with van der Waals surface area (Å²) in [5.41, 5.74) is 0. The van der Waals surface area contributed by atoms with Crippen LogP contribution in [0.1, 0.15) is 181 Å². The number of rotatable bonds is 37. The third-order valence-corrected chi connectivity index (χ3v) is 9.46. The monoisotopic (exact) mass is 739 g/mol. The maximum Gasteiger partial charge on any atom is 0.472 e. The number of carbonyl (C=O) groups excluding carboxylic acids is 2. The summed E-state index contributed by atoms with van der Waals surface area (Å²) in [5, 5.41) is 0. The summed E-state index contributed by atoms with van der Waals surface area (Å²) in [7, 11) is -4.28. The highest BCUT2D eigenvalue weighted by atomic mass is 31.2. The second-order valence-corrected chi connectivity index (χ2v) is 14.7. The van der Waals surface area contributed by atoms with Crippen molar-refractivity contribution in [2.24, 2.45) is 0 Å². The summed E-state index contributed by atoms with van der Waals surface area (Å²) in [5.74, 6) is -0.809. The minimum Gasteiger partial charge on any atom is -0.462 e. The van der Waals surface area contributed by atoms with Crippen LogP contribution in [-0.4, -0.2) is 42.8 Å². The molecule has 0 aromatic rings. The Morgan fingerprint density at radius 3 is 1.51 bits per heavy atom. The molecule has 0 aromatic heterocycles. The van der Waals surface area contributed by atoms with Gasteiger partial charge in [-0.15, -0.1) is 0 Å². The normalized spacial score (nSPS) is 13.9. The topological polar surface area (TPSA) is 108 Å². The molecule has 0 aliphatic rings. The predicted molar refractivity (Wildman–Crippen MR) is 212 cm³/mol. The van der Waals surface area contributed by atoms with Gasteiger partial charge in [0.2, 0.25) is 0 Å². The average molecular weight is 739 g/mol. The highest BCUT2D eigenvalue weighted by Crippen LogP contribution is 2.43. The van der Waals surface area contributed by atoms with E-state index in [1.54, 1.807) is 6.92 Å². The van der Waals surface area contributed by atoms with Gasteiger partial charge in [-0.2, -0.15) is 0 Å². The quantitative estimate of drug-likeness (QED) is 0.0290. The first kappa shape index (κ1) is 49.0. The second kappa shape index (κ2) is 37.8. The Kier molecular flexibility index (Phi) is 36.3. The number of unbranched alkanes of at least 4 members (excludes halogenated alkanes) is 17. The van der Waals surface area contributed by atoms with Gasteiger partial charge in [-0.1, -0.05) is 159 Å². The number of hydrogen-bond donors (Lipinski definition) is 1. The number of hydrogen-bond acceptors (Lipinski definition) is 7. The number of carbonyl (C=O) groups is 2. The Bertz CT molecular complexity index is 974. The number of esters is 2. The van der Waals surface area contributed by atoms with E-state index in [-0.39, 0.29) is 25.6 Å². The lowest BCUT2D eigenvalue weighted by atomic mass is 10.1. The maximum atomic E-state index is 12.5. The lowest BCUT2D eigenvalue weighted by Crippen LogP contribution is -2.29. The molecule has 0 rings (SSSR count). The van der Waals surface area contributed by atoms with Crippen molar-refractivity contribution in [2.75, 3.05) is 19.8 Å². The first-order valence-corrected chi connectivity index (χ1v) is 21.9. The molecule has 0 radical (unpaired) electrons. The molecule has 0 spiro atoms. The first-order chi connectivity index (χ1) is 24.8. The van der Waals surface area contributed by atoms with Crippen LogP contribution in [-0.2, 0) is 32.7 Å². The van der Waals surface area contributed by atoms with Crippen LogP contribution in [0, 0.1) is 0 Å². The van der Waals surface area contributed by atoms with E-state index in [4.69, 9.17) is 18.5 Å². The highest BCUT2D eigenvalue weighted by Gasteiger charge is 2.25. The largest absolute Gasteiger partial charge is 0.472 e. The summed E-state index contributed by atoms with van der Waals surface area (Å²) in [6.45, 7) is 5.33. The molecule has 2 atom stereocenters. The highest BCUT2D eigenvalue weighted by molar-refractivity contribution is 7.47. The third-order valence-electron chi connectivity index (χ3n) is 8.40. The van der Waals surface area contributed by atoms with Gasteiger partial charge in [0.15, 0.2) is 6.10 Å². The lowest BCUT2D eigenvalue weighted by molar-refractivity contribution is -0.161. The van der Waals surface area contributed by atoms with E-state index < -0.39 is 26.5 Å². The van der Waals surface area contributed by atoms with Gasteiger partial charge in [0.1, 0.15) is 6.61 Å². The molecule has 0 amide bonds. The van der Waals surface area contributed by atoms with E-state index in [1.165, 1.54) is 70.6 Å². The smallest absolute Gasteiger partial charge is 0.462 e. The van der Waals surface area contributed by atoms with Gasteiger partial charge in [0.25, 0.3) is 0 Å². The summed E-state index contributed by atoms with van der Waals surface area (Å²) < 4.78 is 32.5. The van der Waals surface area contributed by atoms with E-state index in [1.807, 2.05) is 0 Å². The lowest BCUT2D eigenvalue weighted by Gasteiger charge is -2.19. The molecule has 2 unspecified atom stereocenters. The van der Waals surface area contributed by atoms with Crippen LogP contribution in [0.15, 0.2) is 48.6 Å². The van der Waals surface area contributed by atoms with Crippen LogP contribution < -0.4 is 0 Å². The van der Waals surface area contributed by atoms with Gasteiger partial charge in [0.05, 0.1) is 13.2 Å². The second-order valence-electron chi connectivity index (χ2n) is 13.3. The van der Waals surface area contributed by atoms with Crippen molar-refractivity contribution in [1.29, 1.82) is 0 Å². The molecular weight excluding hydrogens is 663 g/mol. The Labute approximate surface area is 312 Å². The zero-order valence-corrected chi connectivity index (χ0v) is 33.6. The molecule has 0 saturated heterocycles. The van der Waals surface area contributed by atoms with Gasteiger partial charge in [-0.25, -0.2) is 4.57 Å². The van der Waals surface area contributed by atoms with Crippen molar-refractivity contribution >= 4 is 19.8 Å². The summed E-state index contributed by atoms with van der Waals surface area (Å²) >= 11 is 0. The van der Waals surface area contributed by atoms with Crippen molar-refractivity contribution in [3.63, 3.8) is 0 Å². The summed E-state index contributed by atoms with van der Waals surface area (Å²) in [6, 6.07) is 0. The minimum absolute atomic E-state index is 0.00188. The Hall–Kier alpha value is -1.99. The van der Waals surface area contributed by atoms with Crippen LogP contribution in [0.25, 0.3) is 0 Å². The van der Waals surface area contributed by atoms with Gasteiger partial charge >= 0.3 is 19.8 Å². The third kappa shape index (κ3) is 37.6. The van der Waals surface area contributed by atoms with Crippen LogP contribution in [0.3, 0.4) is 0 Å². The average Bonchev–Trinajstić information content (AvgIpc) is 3.10. The molecule has 1 N–H and O–H groups in total. The maximum absolute atomic E-state index is 12.5. The van der Waals surface area contributed by atoms with Crippen molar-refractivity contribution in [3.05, 3.63) is 48.6 Å². The summed E-state index contributed by atoms with van der Waals surface area (Å²) in [4.78, 5) is 34.6. The number of allylic oxidation sites excluding steroid dienone is 8. The Morgan fingerprint density at radius 2 is 1.00 bits per heavy atom. The molecule has 8 nitrogen and oxygen atoms in total. The fraction of sp³-hybridized carbons (Fsp3) is 0.762. The van der Waals surface area contributed by atoms with Crippen LogP contribution in [0.2, 0.25) is 0 Å². The SMILES string of the molecule is CC/C=C\C/C=C\C/C=C\C/C=C\CCCCCCCCCCC(=O)OC(COC(=O)CCCCCCCCCCCC)COP(=O)(O)OCC. The summed E-state index contributed by atoms with van der Waals surface area (Å²) in [6.07, 6.45) is 43.1. The number of phosphoric acid groups is 1. The van der Waals surface area contributed by atoms with E-state index >= 15 is 0 Å². The predicted octanol–water partition coefficient (Wildman–Crippen LogP) is 12.6. The zero-order valence-electron chi connectivity index (χ0n) is 32.7. The molecular formula is C42H75O8P. The van der Waals surface area contributed by atoms with E-state index in [0.29, 0.717) is 12.8 Å². The van der Waals surface area contributed by atoms with Crippen LogP contribution in [0.4, 0.5) is 0 Å². The molecule has 0 aliphatic carbocycles. The van der Waals surface area contributed by atoms with Crippen molar-refractivity contribution in [1.82, 2.24) is 0 Å². The molecule has 0 aromatic carbocycles. The first-order valence-electron chi connectivity index (χ1n) is 20.4. The molecule has 296 valence electrons.